The number of amides is 2. The Bertz CT molecular complexity index is 3920. The number of fused-ring (bicyclic) bond motifs is 12. The molecule has 20 saturated heterocycles. The van der Waals surface area contributed by atoms with Gasteiger partial charge in [-0.25, -0.2) is 9.59 Å². The molecule has 24 bridgehead atoms. The Labute approximate surface area is 753 Å². The molecule has 2 amide bonds. The number of Topliss-reactive ketones (excluding diaryl/α,β-unsaturated/α-hetero) is 2. The van der Waals surface area contributed by atoms with E-state index in [2.05, 4.69) is 68.5 Å². The number of aliphatic hydroxyl groups is 2. The number of ether oxygens (including phenoxy) is 18. The van der Waals surface area contributed by atoms with Gasteiger partial charge in [0.15, 0.2) is 11.6 Å². The lowest BCUT2D eigenvalue weighted by Gasteiger charge is -2.47. The van der Waals surface area contributed by atoms with Crippen LogP contribution in [0.15, 0.2) is 48.6 Å². The molecule has 12 unspecified atom stereocenters. The van der Waals surface area contributed by atoms with Crippen molar-refractivity contribution < 1.29 is 140 Å². The number of hydrogen-bond donors (Lipinski definition) is 4. The molecule has 20 fully saturated rings. The van der Waals surface area contributed by atoms with Crippen LogP contribution in [0.1, 0.15) is 236 Å². The minimum absolute atomic E-state index is 0.0290. The lowest BCUT2D eigenvalue weighted by molar-refractivity contribution is -0.292. The molecule has 2 spiro atoms. The van der Waals surface area contributed by atoms with E-state index in [1.54, 1.807) is 41.5 Å². The molecular formula is C94H143F3N2O27SSi. The summed E-state index contributed by atoms with van der Waals surface area (Å²) < 4.78 is 179. The van der Waals surface area contributed by atoms with Crippen molar-refractivity contribution in [1.82, 2.24) is 10.6 Å². The molecule has 4 N–H and O–H groups in total. The van der Waals surface area contributed by atoms with Gasteiger partial charge in [0.2, 0.25) is 8.32 Å². The predicted octanol–water partition coefficient (Wildman–Crippen LogP) is 12.9. The monoisotopic (exact) mass is 1850 g/mol. The van der Waals surface area contributed by atoms with Gasteiger partial charge in [-0.3, -0.25) is 9.59 Å². The van der Waals surface area contributed by atoms with Crippen LogP contribution in [0.4, 0.5) is 22.8 Å². The average molecular weight is 1850 g/mol. The van der Waals surface area contributed by atoms with Crippen molar-refractivity contribution >= 4 is 42.2 Å². The lowest BCUT2D eigenvalue weighted by atomic mass is 9.78. The molecule has 722 valence electrons. The Morgan fingerprint density at radius 2 is 0.805 bits per heavy atom. The second-order valence-corrected chi connectivity index (χ2v) is 49.8. The van der Waals surface area contributed by atoms with Crippen LogP contribution >= 0.6 is 0 Å². The van der Waals surface area contributed by atoms with Gasteiger partial charge in [0.25, 0.3) is 0 Å². The summed E-state index contributed by atoms with van der Waals surface area (Å²) >= 11 is 0. The van der Waals surface area contributed by atoms with Gasteiger partial charge in [-0.05, 0) is 209 Å². The summed E-state index contributed by atoms with van der Waals surface area (Å²) in [6.45, 7) is 41.5. The van der Waals surface area contributed by atoms with E-state index >= 15 is 0 Å². The van der Waals surface area contributed by atoms with E-state index in [9.17, 15) is 51.0 Å². The molecule has 38 atom stereocenters. The van der Waals surface area contributed by atoms with Crippen molar-refractivity contribution in [2.75, 3.05) is 13.1 Å². The second kappa shape index (κ2) is 38.2. The molecule has 0 aromatic carbocycles. The summed E-state index contributed by atoms with van der Waals surface area (Å²) in [7, 11) is -8.10. The summed E-state index contributed by atoms with van der Waals surface area (Å²) in [6.07, 6.45) is 8.98. The second-order valence-electron chi connectivity index (χ2n) is 43.6. The molecule has 20 aliphatic heterocycles. The Balaban J connectivity index is 0.000000167. The molecule has 128 heavy (non-hydrogen) atoms. The smallest absolute Gasteiger partial charge is 0.444 e. The highest BCUT2D eigenvalue weighted by molar-refractivity contribution is 7.88. The largest absolute Gasteiger partial charge is 0.522 e. The fourth-order valence-electron chi connectivity index (χ4n) is 23.9. The van der Waals surface area contributed by atoms with Crippen molar-refractivity contribution in [2.24, 2.45) is 35.5 Å². The van der Waals surface area contributed by atoms with E-state index in [0.717, 1.165) is 112 Å². The van der Waals surface area contributed by atoms with Crippen LogP contribution in [0, 0.1) is 35.5 Å². The Morgan fingerprint density at radius 3 is 1.18 bits per heavy atom. The summed E-state index contributed by atoms with van der Waals surface area (Å²) in [6, 6.07) is 0. The molecule has 20 rings (SSSR count). The molecular weight excluding hydrogens is 1710 g/mol. The third-order valence-corrected chi connectivity index (χ3v) is 33.7. The van der Waals surface area contributed by atoms with Crippen molar-refractivity contribution in [3.05, 3.63) is 48.6 Å². The zero-order valence-electron chi connectivity index (χ0n) is 77.1. The first-order valence-electron chi connectivity index (χ1n) is 47.8. The molecule has 0 radical (unpaired) electrons. The SMILES string of the molecule is C=C1CC2CC[C@@]34C[C@H]5O[C@H]6C(O3)[C@H]3O[C@H](CC[C@@H]3O[C@H]6C5O4)CC(=O)CC3[C@H](CC4O[C@@H](CCC1O2)C[C@@H](C)C4=C)O[C@H](C[C@H](O)CNC(=O)OC(C)(C)C)[C@@H]3C.C=C1CC2CC[C@@]34C[C@H]5O[C@H]6C(O3)[C@H]3O[C@H](CC[C@@H]3O[C@H]6C5O4)CC(=O)CC3[C@H](CC4O[C@@H](CCC1O2)C[C@@H](C)C4=C)O[C@H](C[C@H](O)CNC(=O)OC(C)(C)C)[C@@H]3C.C[Si](C)(C)OS(=O)(=O)C(F)(F)F. The van der Waals surface area contributed by atoms with Gasteiger partial charge >= 0.3 is 27.8 Å². The number of alkyl carbamates (subject to hydrolysis) is 2. The number of alkyl halides is 3. The predicted molar refractivity (Wildman–Crippen MR) is 459 cm³/mol. The Morgan fingerprint density at radius 1 is 0.445 bits per heavy atom. The van der Waals surface area contributed by atoms with E-state index in [1.807, 2.05) is 0 Å². The fourth-order valence-corrected chi connectivity index (χ4v) is 26.9. The van der Waals surface area contributed by atoms with E-state index in [4.69, 9.17) is 85.3 Å². The number of halogens is 3. The quantitative estimate of drug-likeness (QED) is 0.0896. The molecule has 20 heterocycles. The summed E-state index contributed by atoms with van der Waals surface area (Å²) in [5, 5.41) is 27.6. The van der Waals surface area contributed by atoms with Crippen molar-refractivity contribution in [3.63, 3.8) is 0 Å². The van der Waals surface area contributed by atoms with Crippen molar-refractivity contribution in [1.29, 1.82) is 0 Å². The number of hydrogen-bond acceptors (Lipinski definition) is 27. The fraction of sp³-hybridized carbons (Fsp3) is 0.872. The minimum Gasteiger partial charge on any atom is -0.444 e. The number of ketones is 2. The molecule has 0 aliphatic carbocycles. The van der Waals surface area contributed by atoms with Crippen LogP contribution in [0.2, 0.25) is 19.6 Å². The van der Waals surface area contributed by atoms with E-state index < -0.39 is 71.1 Å². The number of rotatable bonds is 10. The number of carbonyl (C=O) groups is 4. The van der Waals surface area contributed by atoms with Gasteiger partial charge in [-0.2, -0.15) is 21.6 Å². The first kappa shape index (κ1) is 97.1. The standard InChI is InChI=1S/2C45H67NO12.C4H9F3O3SSi/c2*1-22-14-28-8-10-32-23(2)15-30(50-32)12-13-45-20-37-39(56-45)40-41(55-37)42(57-45)38-33(54-40)11-9-29(52-38)16-26(47)17-31-25(4)34(53-36(31)19-35(51-28)24(22)3)18-27(48)21-46-43(49)58-44(5,6)7;1-12(2,3)10-11(8,9)4(5,6)7/h2*22,25,27-42,48H,2-3,8-21H2,1,4-7H3,(H,46,49);1-3H3/t2*22-,25-,27+,28+,29-,30?,31?,32?,33+,34-,35?,36+,37-,38+,39?,40+,41-,42?,45+;/m11./s1. The molecule has 0 aromatic heterocycles. The summed E-state index contributed by atoms with van der Waals surface area (Å²) in [4.78, 5) is 53.1. The van der Waals surface area contributed by atoms with Crippen LogP contribution in [0.5, 0.6) is 0 Å². The summed E-state index contributed by atoms with van der Waals surface area (Å²) in [5.74, 6) is -1.06. The van der Waals surface area contributed by atoms with Gasteiger partial charge in [0, 0.05) is 90.1 Å². The lowest BCUT2D eigenvalue weighted by Crippen LogP contribution is -2.61. The van der Waals surface area contributed by atoms with Crippen LogP contribution in [0.3, 0.4) is 0 Å². The van der Waals surface area contributed by atoms with Gasteiger partial charge in [0.05, 0.1) is 122 Å². The number of nitrogens with one attached hydrogen (secondary N) is 2. The third kappa shape index (κ3) is 22.0. The van der Waals surface area contributed by atoms with Crippen molar-refractivity contribution in [3.8, 4) is 0 Å². The number of aliphatic hydroxyl groups excluding tert-OH is 2. The van der Waals surface area contributed by atoms with Gasteiger partial charge in [-0.15, -0.1) is 0 Å². The van der Waals surface area contributed by atoms with Gasteiger partial charge < -0.3 is 110 Å². The maximum atomic E-state index is 14.2. The zero-order chi connectivity index (χ0) is 91.6. The van der Waals surface area contributed by atoms with E-state index in [-0.39, 0.29) is 244 Å². The van der Waals surface area contributed by atoms with Crippen LogP contribution in [0.25, 0.3) is 0 Å². The van der Waals surface area contributed by atoms with Crippen LogP contribution < -0.4 is 10.6 Å². The van der Waals surface area contributed by atoms with E-state index in [1.165, 1.54) is 19.6 Å². The average Bonchev–Trinajstić information content (AvgIpc) is 1.55. The Hall–Kier alpha value is -3.96. The van der Waals surface area contributed by atoms with Crippen molar-refractivity contribution in [2.45, 2.75) is 467 Å². The third-order valence-electron chi connectivity index (χ3n) is 30.2. The Kier molecular flexibility index (Phi) is 29.0. The highest BCUT2D eigenvalue weighted by atomic mass is 32.2. The first-order valence-corrected chi connectivity index (χ1v) is 52.6. The highest BCUT2D eigenvalue weighted by Gasteiger charge is 2.71. The summed E-state index contributed by atoms with van der Waals surface area (Å²) in [5.41, 5.74) is -2.22. The maximum absolute atomic E-state index is 14.2. The van der Waals surface area contributed by atoms with Crippen LogP contribution in [-0.4, -0.2) is 275 Å². The maximum Gasteiger partial charge on any atom is 0.522 e. The minimum atomic E-state index is -5.39. The number of carbonyl (C=O) groups excluding carboxylic acids is 4. The molecule has 20 aliphatic rings. The molecule has 0 aromatic rings. The topological polar surface area (TPSA) is 342 Å². The van der Waals surface area contributed by atoms with E-state index in [0.29, 0.717) is 64.2 Å². The highest BCUT2D eigenvalue weighted by Crippen LogP contribution is 2.58. The molecule has 34 heteroatoms. The first-order chi connectivity index (χ1) is 60.2. The molecule has 0 saturated carbocycles. The zero-order valence-corrected chi connectivity index (χ0v) is 78.9. The normalized spacial score (nSPS) is 45.2. The van der Waals surface area contributed by atoms with Gasteiger partial charge in [-0.1, -0.05) is 54.0 Å². The molecule has 29 nitrogen and oxygen atoms in total. The van der Waals surface area contributed by atoms with Crippen LogP contribution in [-0.2, 0) is 109 Å². The van der Waals surface area contributed by atoms with Gasteiger partial charge in [0.1, 0.15) is 83.8 Å².